The summed E-state index contributed by atoms with van der Waals surface area (Å²) in [6.07, 6.45) is -3.22. The molecular formula is C14H10BrF3N2O. The van der Waals surface area contributed by atoms with Crippen LogP contribution in [0, 0.1) is 0 Å². The van der Waals surface area contributed by atoms with Crippen molar-refractivity contribution in [3.8, 4) is 5.75 Å². The van der Waals surface area contributed by atoms with Crippen LogP contribution >= 0.6 is 15.9 Å². The molecule has 0 atom stereocenters. The average molecular weight is 359 g/mol. The fourth-order valence-corrected chi connectivity index (χ4v) is 2.01. The van der Waals surface area contributed by atoms with Gasteiger partial charge in [-0.25, -0.2) is 0 Å². The van der Waals surface area contributed by atoms with Crippen molar-refractivity contribution in [3.05, 3.63) is 58.1 Å². The van der Waals surface area contributed by atoms with Gasteiger partial charge in [0.15, 0.2) is 0 Å². The van der Waals surface area contributed by atoms with E-state index in [0.29, 0.717) is 5.56 Å². The number of hydrazone groups is 1. The van der Waals surface area contributed by atoms with Crippen molar-refractivity contribution in [1.29, 1.82) is 0 Å². The van der Waals surface area contributed by atoms with Crippen molar-refractivity contribution in [2.75, 3.05) is 5.43 Å². The van der Waals surface area contributed by atoms with Crippen molar-refractivity contribution in [3.63, 3.8) is 0 Å². The van der Waals surface area contributed by atoms with Crippen LogP contribution in [0.25, 0.3) is 0 Å². The largest absolute Gasteiger partial charge is 0.507 e. The minimum atomic E-state index is -4.46. The van der Waals surface area contributed by atoms with Gasteiger partial charge in [-0.15, -0.1) is 0 Å². The Hall–Kier alpha value is -2.02. The third-order valence-corrected chi connectivity index (χ3v) is 3.10. The molecule has 2 aromatic carbocycles. The summed E-state index contributed by atoms with van der Waals surface area (Å²) in [6, 6.07) is 9.71. The second-order valence-corrected chi connectivity index (χ2v) is 5.03. The molecule has 0 bridgehead atoms. The summed E-state index contributed by atoms with van der Waals surface area (Å²) < 4.78 is 39.1. The maximum Gasteiger partial charge on any atom is 0.418 e. The molecule has 2 aromatic rings. The number of benzene rings is 2. The van der Waals surface area contributed by atoms with Gasteiger partial charge in [0.25, 0.3) is 0 Å². The molecule has 7 heteroatoms. The minimum absolute atomic E-state index is 0.0205. The second kappa shape index (κ2) is 6.17. The Morgan fingerprint density at radius 2 is 1.86 bits per heavy atom. The topological polar surface area (TPSA) is 44.6 Å². The van der Waals surface area contributed by atoms with Crippen LogP contribution in [-0.2, 0) is 6.18 Å². The van der Waals surface area contributed by atoms with Gasteiger partial charge >= 0.3 is 6.18 Å². The SMILES string of the molecule is Oc1ccc(Br)cc1/C=N\Nc1ccccc1C(F)(F)F. The van der Waals surface area contributed by atoms with E-state index < -0.39 is 11.7 Å². The molecule has 0 unspecified atom stereocenters. The number of rotatable bonds is 3. The molecule has 0 aromatic heterocycles. The first-order valence-corrected chi connectivity index (χ1v) is 6.61. The van der Waals surface area contributed by atoms with E-state index in [4.69, 9.17) is 0 Å². The molecule has 21 heavy (non-hydrogen) atoms. The van der Waals surface area contributed by atoms with Crippen molar-refractivity contribution in [2.24, 2.45) is 5.10 Å². The van der Waals surface area contributed by atoms with Crippen LogP contribution in [0.1, 0.15) is 11.1 Å². The van der Waals surface area contributed by atoms with Crippen LogP contribution < -0.4 is 5.43 Å². The van der Waals surface area contributed by atoms with E-state index in [1.807, 2.05) is 0 Å². The maximum atomic E-state index is 12.8. The number of phenolic OH excluding ortho intramolecular Hbond substituents is 1. The fourth-order valence-electron chi connectivity index (χ4n) is 1.63. The van der Waals surface area contributed by atoms with E-state index in [-0.39, 0.29) is 11.4 Å². The number of nitrogens with one attached hydrogen (secondary N) is 1. The molecule has 2 rings (SSSR count). The van der Waals surface area contributed by atoms with Crippen LogP contribution in [-0.4, -0.2) is 11.3 Å². The predicted molar refractivity (Wildman–Crippen MR) is 78.5 cm³/mol. The second-order valence-electron chi connectivity index (χ2n) is 4.12. The van der Waals surface area contributed by atoms with Crippen molar-refractivity contribution < 1.29 is 18.3 Å². The Balaban J connectivity index is 2.21. The quantitative estimate of drug-likeness (QED) is 0.621. The Labute approximate surface area is 127 Å². The van der Waals surface area contributed by atoms with E-state index >= 15 is 0 Å². The van der Waals surface area contributed by atoms with Crippen molar-refractivity contribution >= 4 is 27.8 Å². The molecule has 0 heterocycles. The van der Waals surface area contributed by atoms with E-state index in [1.165, 1.54) is 30.5 Å². The van der Waals surface area contributed by atoms with Gasteiger partial charge in [0.2, 0.25) is 0 Å². The summed E-state index contributed by atoms with van der Waals surface area (Å²) in [5.74, 6) is -0.0205. The third-order valence-electron chi connectivity index (χ3n) is 2.61. The highest BCUT2D eigenvalue weighted by Crippen LogP contribution is 2.34. The third kappa shape index (κ3) is 3.98. The first kappa shape index (κ1) is 15.4. The molecule has 0 saturated carbocycles. The number of anilines is 1. The summed E-state index contributed by atoms with van der Waals surface area (Å²) in [5, 5.41) is 13.3. The predicted octanol–water partition coefficient (Wildman–Crippen LogP) is 4.62. The fraction of sp³-hybridized carbons (Fsp3) is 0.0714. The zero-order chi connectivity index (χ0) is 15.5. The number of phenols is 1. The lowest BCUT2D eigenvalue weighted by atomic mass is 10.2. The number of alkyl halides is 3. The lowest BCUT2D eigenvalue weighted by Gasteiger charge is -2.11. The van der Waals surface area contributed by atoms with E-state index in [0.717, 1.165) is 10.5 Å². The summed E-state index contributed by atoms with van der Waals surface area (Å²) in [6.45, 7) is 0. The molecule has 0 radical (unpaired) electrons. The van der Waals surface area contributed by atoms with Crippen LogP contribution in [0.5, 0.6) is 5.75 Å². The molecule has 110 valence electrons. The van der Waals surface area contributed by atoms with Gasteiger partial charge in [-0.3, -0.25) is 5.43 Å². The number of nitrogens with zero attached hydrogens (tertiary/aromatic N) is 1. The Kier molecular flexibility index (Phi) is 4.52. The van der Waals surface area contributed by atoms with Gasteiger partial charge in [-0.05, 0) is 30.3 Å². The van der Waals surface area contributed by atoms with Gasteiger partial charge in [-0.1, -0.05) is 28.1 Å². The zero-order valence-electron chi connectivity index (χ0n) is 10.5. The van der Waals surface area contributed by atoms with E-state index in [1.54, 1.807) is 12.1 Å². The summed E-state index contributed by atoms with van der Waals surface area (Å²) in [7, 11) is 0. The molecule has 0 aliphatic heterocycles. The minimum Gasteiger partial charge on any atom is -0.507 e. The molecule has 0 spiro atoms. The molecule has 3 nitrogen and oxygen atoms in total. The van der Waals surface area contributed by atoms with Gasteiger partial charge in [0, 0.05) is 10.0 Å². The van der Waals surface area contributed by atoms with Crippen molar-refractivity contribution in [1.82, 2.24) is 0 Å². The smallest absolute Gasteiger partial charge is 0.418 e. The first-order valence-electron chi connectivity index (χ1n) is 5.82. The van der Waals surface area contributed by atoms with Crippen molar-refractivity contribution in [2.45, 2.75) is 6.18 Å². The van der Waals surface area contributed by atoms with Gasteiger partial charge in [0.05, 0.1) is 17.5 Å². The Morgan fingerprint density at radius 1 is 1.14 bits per heavy atom. The molecule has 0 amide bonds. The highest BCUT2D eigenvalue weighted by molar-refractivity contribution is 9.10. The van der Waals surface area contributed by atoms with E-state index in [9.17, 15) is 18.3 Å². The molecule has 0 saturated heterocycles. The highest BCUT2D eigenvalue weighted by atomic mass is 79.9. The van der Waals surface area contributed by atoms with Crippen LogP contribution in [0.3, 0.4) is 0 Å². The molecule has 2 N–H and O–H groups in total. The normalized spacial score (nSPS) is 11.8. The van der Waals surface area contributed by atoms with E-state index in [2.05, 4.69) is 26.5 Å². The highest BCUT2D eigenvalue weighted by Gasteiger charge is 2.33. The number of hydrogen-bond acceptors (Lipinski definition) is 3. The lowest BCUT2D eigenvalue weighted by molar-refractivity contribution is -0.136. The standard InChI is InChI=1S/C14H10BrF3N2O/c15-10-5-6-13(21)9(7-10)8-19-20-12-4-2-1-3-11(12)14(16,17)18/h1-8,20-21H/b19-8-. The number of aromatic hydroxyl groups is 1. The zero-order valence-corrected chi connectivity index (χ0v) is 12.1. The van der Waals surface area contributed by atoms with Crippen LogP contribution in [0.15, 0.2) is 52.0 Å². The Morgan fingerprint density at radius 3 is 2.57 bits per heavy atom. The summed E-state index contributed by atoms with van der Waals surface area (Å²) >= 11 is 3.23. The van der Waals surface area contributed by atoms with Gasteiger partial charge in [-0.2, -0.15) is 18.3 Å². The summed E-state index contributed by atoms with van der Waals surface area (Å²) in [4.78, 5) is 0. The monoisotopic (exact) mass is 358 g/mol. The maximum absolute atomic E-state index is 12.8. The van der Waals surface area contributed by atoms with Crippen LogP contribution in [0.4, 0.5) is 18.9 Å². The van der Waals surface area contributed by atoms with Crippen LogP contribution in [0.2, 0.25) is 0 Å². The molecular weight excluding hydrogens is 349 g/mol. The molecule has 0 aliphatic carbocycles. The molecule has 0 aliphatic rings. The lowest BCUT2D eigenvalue weighted by Crippen LogP contribution is -2.08. The van der Waals surface area contributed by atoms with Gasteiger partial charge < -0.3 is 5.11 Å². The van der Waals surface area contributed by atoms with Gasteiger partial charge in [0.1, 0.15) is 5.75 Å². The summed E-state index contributed by atoms with van der Waals surface area (Å²) in [5.41, 5.74) is 1.75. The number of hydrogen-bond donors (Lipinski definition) is 2. The number of para-hydroxylation sites is 1. The first-order chi connectivity index (χ1) is 9.88. The average Bonchev–Trinajstić information content (AvgIpc) is 2.42. The Bertz CT molecular complexity index is 672. The molecule has 0 fully saturated rings. The number of halogens is 4.